The maximum Gasteiger partial charge on any atom is 0.265 e. The molecule has 1 N–H and O–H groups in total. The third-order valence-electron chi connectivity index (χ3n) is 4.61. The molecule has 5 nitrogen and oxygen atoms in total. The Bertz CT molecular complexity index is 881. The quantitative estimate of drug-likeness (QED) is 0.899. The van der Waals surface area contributed by atoms with Crippen LogP contribution in [-0.2, 0) is 22.4 Å². The Morgan fingerprint density at radius 3 is 2.84 bits per heavy atom. The van der Waals surface area contributed by atoms with Crippen molar-refractivity contribution >= 4 is 34.8 Å². The van der Waals surface area contributed by atoms with Gasteiger partial charge in [-0.2, -0.15) is 0 Å². The third-order valence-corrected chi connectivity index (χ3v) is 4.85. The Morgan fingerprint density at radius 2 is 2.04 bits per heavy atom. The van der Waals surface area contributed by atoms with Crippen LogP contribution in [0.4, 0.5) is 11.4 Å². The van der Waals surface area contributed by atoms with Crippen molar-refractivity contribution in [2.24, 2.45) is 0 Å². The predicted octanol–water partition coefficient (Wildman–Crippen LogP) is 3.19. The summed E-state index contributed by atoms with van der Waals surface area (Å²) in [5, 5.41) is 3.54. The van der Waals surface area contributed by atoms with Gasteiger partial charge in [-0.15, -0.1) is 0 Å². The van der Waals surface area contributed by atoms with Gasteiger partial charge in [-0.1, -0.05) is 11.6 Å². The highest BCUT2D eigenvalue weighted by Crippen LogP contribution is 2.33. The minimum absolute atomic E-state index is 0.0336. The zero-order chi connectivity index (χ0) is 17.6. The first-order chi connectivity index (χ1) is 12.0. The highest BCUT2D eigenvalue weighted by atomic mass is 35.5. The molecule has 2 aromatic carbocycles. The summed E-state index contributed by atoms with van der Waals surface area (Å²) in [5.74, 6) is 0.551. The monoisotopic (exact) mass is 356 g/mol. The van der Waals surface area contributed by atoms with Gasteiger partial charge in [0.2, 0.25) is 5.91 Å². The number of anilines is 2. The van der Waals surface area contributed by atoms with E-state index in [0.29, 0.717) is 29.4 Å². The minimum Gasteiger partial charge on any atom is -0.480 e. The summed E-state index contributed by atoms with van der Waals surface area (Å²) >= 11 is 5.98. The van der Waals surface area contributed by atoms with Crippen molar-refractivity contribution < 1.29 is 14.3 Å². The summed E-state index contributed by atoms with van der Waals surface area (Å²) < 4.78 is 5.71. The Morgan fingerprint density at radius 1 is 1.20 bits per heavy atom. The number of rotatable bonds is 2. The van der Waals surface area contributed by atoms with Crippen LogP contribution in [0.25, 0.3) is 0 Å². The summed E-state index contributed by atoms with van der Waals surface area (Å²) in [6, 6.07) is 11.0. The van der Waals surface area contributed by atoms with Gasteiger partial charge in [0, 0.05) is 36.3 Å². The molecule has 0 bridgehead atoms. The van der Waals surface area contributed by atoms with Gasteiger partial charge in [0.1, 0.15) is 5.75 Å². The Balaban J connectivity index is 1.47. The molecular formula is C19H17ClN2O3. The molecule has 0 aliphatic carbocycles. The molecule has 4 rings (SSSR count). The van der Waals surface area contributed by atoms with E-state index in [-0.39, 0.29) is 11.8 Å². The molecule has 25 heavy (non-hydrogen) atoms. The summed E-state index contributed by atoms with van der Waals surface area (Å²) in [4.78, 5) is 25.9. The van der Waals surface area contributed by atoms with Gasteiger partial charge in [-0.3, -0.25) is 9.59 Å². The SMILES string of the molecule is CC(=O)N1CCc2cc(NC(=O)[C@H]3Cc4cc(Cl)ccc4O3)ccc21. The lowest BCUT2D eigenvalue weighted by atomic mass is 10.1. The van der Waals surface area contributed by atoms with Gasteiger partial charge < -0.3 is 15.0 Å². The second-order valence-corrected chi connectivity index (χ2v) is 6.75. The van der Waals surface area contributed by atoms with Crippen LogP contribution in [0.2, 0.25) is 5.02 Å². The first-order valence-electron chi connectivity index (χ1n) is 8.18. The number of fused-ring (bicyclic) bond motifs is 2. The van der Waals surface area contributed by atoms with Gasteiger partial charge in [-0.25, -0.2) is 0 Å². The Kier molecular flexibility index (Phi) is 3.88. The minimum atomic E-state index is -0.560. The number of hydrogen-bond donors (Lipinski definition) is 1. The van der Waals surface area contributed by atoms with E-state index in [1.165, 1.54) is 0 Å². The smallest absolute Gasteiger partial charge is 0.265 e. The van der Waals surface area contributed by atoms with Crippen LogP contribution in [-0.4, -0.2) is 24.5 Å². The van der Waals surface area contributed by atoms with Crippen molar-refractivity contribution in [1.29, 1.82) is 0 Å². The summed E-state index contributed by atoms with van der Waals surface area (Å²) in [6.07, 6.45) is 0.739. The molecule has 2 amide bonds. The second kappa shape index (κ2) is 6.08. The van der Waals surface area contributed by atoms with Gasteiger partial charge in [0.25, 0.3) is 5.91 Å². The molecule has 0 fully saturated rings. The average Bonchev–Trinajstić information content (AvgIpc) is 3.17. The molecule has 2 heterocycles. The fraction of sp³-hybridized carbons (Fsp3) is 0.263. The molecule has 0 aromatic heterocycles. The van der Waals surface area contributed by atoms with E-state index < -0.39 is 6.10 Å². The molecule has 2 aromatic rings. The molecule has 2 aliphatic heterocycles. The Labute approximate surface area is 150 Å². The molecule has 0 unspecified atom stereocenters. The van der Waals surface area contributed by atoms with Gasteiger partial charge >= 0.3 is 0 Å². The summed E-state index contributed by atoms with van der Waals surface area (Å²) in [7, 11) is 0. The number of hydrogen-bond acceptors (Lipinski definition) is 3. The normalized spacial score (nSPS) is 17.7. The molecule has 2 aliphatic rings. The van der Waals surface area contributed by atoms with Crippen molar-refractivity contribution in [3.05, 3.63) is 52.5 Å². The van der Waals surface area contributed by atoms with Crippen LogP contribution in [0.1, 0.15) is 18.1 Å². The number of halogens is 1. The zero-order valence-corrected chi connectivity index (χ0v) is 14.5. The molecule has 1 atom stereocenters. The number of nitrogens with zero attached hydrogens (tertiary/aromatic N) is 1. The van der Waals surface area contributed by atoms with Crippen LogP contribution < -0.4 is 15.0 Å². The maximum absolute atomic E-state index is 12.5. The summed E-state index contributed by atoms with van der Waals surface area (Å²) in [6.45, 7) is 2.25. The topological polar surface area (TPSA) is 58.6 Å². The molecular weight excluding hydrogens is 340 g/mol. The number of ether oxygens (including phenoxy) is 1. The molecule has 6 heteroatoms. The second-order valence-electron chi connectivity index (χ2n) is 6.32. The average molecular weight is 357 g/mol. The van der Waals surface area contributed by atoms with E-state index in [1.54, 1.807) is 24.0 Å². The van der Waals surface area contributed by atoms with E-state index in [1.807, 2.05) is 24.3 Å². The number of carbonyl (C=O) groups is 2. The van der Waals surface area contributed by atoms with Crippen LogP contribution in [0, 0.1) is 0 Å². The first-order valence-corrected chi connectivity index (χ1v) is 8.56. The molecule has 0 saturated carbocycles. The lowest BCUT2D eigenvalue weighted by molar-refractivity contribution is -0.122. The van der Waals surface area contributed by atoms with E-state index >= 15 is 0 Å². The fourth-order valence-corrected chi connectivity index (χ4v) is 3.59. The van der Waals surface area contributed by atoms with E-state index in [4.69, 9.17) is 16.3 Å². The standard InChI is InChI=1S/C19H17ClN2O3/c1-11(23)22-7-6-12-9-15(3-4-16(12)22)21-19(24)18-10-13-8-14(20)2-5-17(13)25-18/h2-5,8-9,18H,6-7,10H2,1H3,(H,21,24)/t18-/m1/s1. The molecule has 0 radical (unpaired) electrons. The van der Waals surface area contributed by atoms with Crippen molar-refractivity contribution in [3.63, 3.8) is 0 Å². The van der Waals surface area contributed by atoms with Crippen molar-refractivity contribution in [2.45, 2.75) is 25.9 Å². The molecule has 128 valence electrons. The van der Waals surface area contributed by atoms with Crippen LogP contribution in [0.5, 0.6) is 5.75 Å². The maximum atomic E-state index is 12.5. The lowest BCUT2D eigenvalue weighted by Gasteiger charge is -2.15. The lowest BCUT2D eigenvalue weighted by Crippen LogP contribution is -2.31. The van der Waals surface area contributed by atoms with Crippen LogP contribution in [0.15, 0.2) is 36.4 Å². The number of benzene rings is 2. The van der Waals surface area contributed by atoms with Gasteiger partial charge in [0.15, 0.2) is 6.10 Å². The molecule has 0 spiro atoms. The summed E-state index contributed by atoms with van der Waals surface area (Å²) in [5.41, 5.74) is 3.64. The first kappa shape index (κ1) is 16.0. The highest BCUT2D eigenvalue weighted by molar-refractivity contribution is 6.30. The van der Waals surface area contributed by atoms with Crippen molar-refractivity contribution in [2.75, 3.05) is 16.8 Å². The zero-order valence-electron chi connectivity index (χ0n) is 13.7. The van der Waals surface area contributed by atoms with E-state index in [9.17, 15) is 9.59 Å². The van der Waals surface area contributed by atoms with E-state index in [2.05, 4.69) is 5.32 Å². The van der Waals surface area contributed by atoms with Crippen LogP contribution >= 0.6 is 11.6 Å². The molecule has 0 saturated heterocycles. The Hall–Kier alpha value is -2.53. The highest BCUT2D eigenvalue weighted by Gasteiger charge is 2.30. The number of carbonyl (C=O) groups excluding carboxylic acids is 2. The fourth-order valence-electron chi connectivity index (χ4n) is 3.39. The largest absolute Gasteiger partial charge is 0.480 e. The van der Waals surface area contributed by atoms with Crippen molar-refractivity contribution in [1.82, 2.24) is 0 Å². The van der Waals surface area contributed by atoms with Crippen LogP contribution in [0.3, 0.4) is 0 Å². The van der Waals surface area contributed by atoms with Gasteiger partial charge in [-0.05, 0) is 53.9 Å². The van der Waals surface area contributed by atoms with Crippen molar-refractivity contribution in [3.8, 4) is 5.75 Å². The predicted molar refractivity (Wildman–Crippen MR) is 96.4 cm³/mol. The third kappa shape index (κ3) is 2.96. The van der Waals surface area contributed by atoms with E-state index in [0.717, 1.165) is 23.2 Å². The van der Waals surface area contributed by atoms with Gasteiger partial charge in [0.05, 0.1) is 0 Å². The number of amides is 2. The number of nitrogens with one attached hydrogen (secondary N) is 1.